The van der Waals surface area contributed by atoms with Crippen LogP contribution < -0.4 is 10.6 Å². The number of hydrogen-bond acceptors (Lipinski definition) is 3. The van der Waals surface area contributed by atoms with Crippen LogP contribution in [0.15, 0.2) is 42.6 Å². The van der Waals surface area contributed by atoms with E-state index in [1.807, 2.05) is 0 Å². The van der Waals surface area contributed by atoms with E-state index < -0.39 is 17.8 Å². The lowest BCUT2D eigenvalue weighted by Gasteiger charge is -2.09. The Bertz CT molecular complexity index is 661. The topological polar surface area (TPSA) is 91.3 Å². The smallest absolute Gasteiger partial charge is 0.356 e. The Hall–Kier alpha value is -2.96. The van der Waals surface area contributed by atoms with Gasteiger partial charge in [-0.2, -0.15) is 0 Å². The maximum Gasteiger partial charge on any atom is 0.356 e. The molecule has 0 atom stereocenters. The van der Waals surface area contributed by atoms with Crippen LogP contribution in [0.25, 0.3) is 0 Å². The molecule has 1 heterocycles. The van der Waals surface area contributed by atoms with Crippen LogP contribution in [0.5, 0.6) is 0 Å². The van der Waals surface area contributed by atoms with Gasteiger partial charge < -0.3 is 15.7 Å². The van der Waals surface area contributed by atoms with Crippen LogP contribution in [0.3, 0.4) is 0 Å². The van der Waals surface area contributed by atoms with Gasteiger partial charge in [0.05, 0.1) is 11.4 Å². The molecule has 0 aliphatic heterocycles. The molecule has 0 radical (unpaired) electrons. The zero-order valence-corrected chi connectivity index (χ0v) is 10.1. The molecule has 3 N–H and O–H groups in total. The van der Waals surface area contributed by atoms with Crippen molar-refractivity contribution in [2.75, 3.05) is 10.6 Å². The molecule has 0 fully saturated rings. The number of benzene rings is 1. The third-order valence-corrected chi connectivity index (χ3v) is 2.38. The lowest BCUT2D eigenvalue weighted by Crippen LogP contribution is -2.22. The first kappa shape index (κ1) is 13.5. The number of carbonyl (C=O) groups is 2. The molecule has 0 saturated heterocycles. The van der Waals surface area contributed by atoms with Gasteiger partial charge in [-0.1, -0.05) is 12.1 Å². The van der Waals surface area contributed by atoms with Gasteiger partial charge in [-0.05, 0) is 24.3 Å². The molecule has 0 aliphatic rings. The van der Waals surface area contributed by atoms with Crippen LogP contribution in [0.4, 0.5) is 20.6 Å². The summed E-state index contributed by atoms with van der Waals surface area (Å²) in [6.07, 6.45) is 1.30. The standard InChI is InChI=1S/C13H10FN3O3/c14-8-4-1-2-5-9(8)16-13(20)17-10-6-3-7-15-11(10)12(18)19/h1-7H,(H,18,19)(H2,16,17,20). The molecule has 0 unspecified atom stereocenters. The number of amides is 2. The van der Waals surface area contributed by atoms with Gasteiger partial charge in [-0.25, -0.2) is 19.0 Å². The Labute approximate surface area is 113 Å². The first-order valence-electron chi connectivity index (χ1n) is 5.59. The number of aromatic nitrogens is 1. The summed E-state index contributed by atoms with van der Waals surface area (Å²) in [5.74, 6) is -1.86. The Morgan fingerprint density at radius 3 is 2.40 bits per heavy atom. The highest BCUT2D eigenvalue weighted by Crippen LogP contribution is 2.15. The van der Waals surface area contributed by atoms with Crippen molar-refractivity contribution in [1.82, 2.24) is 4.98 Å². The Morgan fingerprint density at radius 2 is 1.70 bits per heavy atom. The predicted octanol–water partition coefficient (Wildman–Crippen LogP) is 2.56. The van der Waals surface area contributed by atoms with E-state index >= 15 is 0 Å². The largest absolute Gasteiger partial charge is 0.476 e. The van der Waals surface area contributed by atoms with E-state index in [4.69, 9.17) is 5.11 Å². The summed E-state index contributed by atoms with van der Waals surface area (Å²) >= 11 is 0. The monoisotopic (exact) mass is 275 g/mol. The van der Waals surface area contributed by atoms with E-state index in [0.29, 0.717) is 0 Å². The third kappa shape index (κ3) is 3.08. The van der Waals surface area contributed by atoms with E-state index in [1.165, 1.54) is 36.5 Å². The Morgan fingerprint density at radius 1 is 1.05 bits per heavy atom. The molecular formula is C13H10FN3O3. The molecule has 1 aromatic carbocycles. The number of anilines is 2. The summed E-state index contributed by atoms with van der Waals surface area (Å²) in [6.45, 7) is 0. The van der Waals surface area contributed by atoms with Gasteiger partial charge in [0.1, 0.15) is 5.82 Å². The molecule has 102 valence electrons. The number of nitrogens with zero attached hydrogens (tertiary/aromatic N) is 1. The van der Waals surface area contributed by atoms with Crippen LogP contribution in [0, 0.1) is 5.82 Å². The van der Waals surface area contributed by atoms with Gasteiger partial charge in [0.15, 0.2) is 5.69 Å². The van der Waals surface area contributed by atoms with Gasteiger partial charge in [-0.3, -0.25) is 0 Å². The number of nitrogens with one attached hydrogen (secondary N) is 2. The van der Waals surface area contributed by atoms with Gasteiger partial charge in [0, 0.05) is 6.20 Å². The predicted molar refractivity (Wildman–Crippen MR) is 70.2 cm³/mol. The number of para-hydroxylation sites is 1. The number of carboxylic acids is 1. The summed E-state index contributed by atoms with van der Waals surface area (Å²) in [6, 6.07) is 7.74. The lowest BCUT2D eigenvalue weighted by molar-refractivity contribution is 0.0691. The Kier molecular flexibility index (Phi) is 3.90. The quantitative estimate of drug-likeness (QED) is 0.802. The van der Waals surface area contributed by atoms with Crippen molar-refractivity contribution >= 4 is 23.4 Å². The van der Waals surface area contributed by atoms with E-state index in [1.54, 1.807) is 6.07 Å². The van der Waals surface area contributed by atoms with Crippen molar-refractivity contribution in [2.24, 2.45) is 0 Å². The van der Waals surface area contributed by atoms with Crippen LogP contribution in [-0.4, -0.2) is 22.1 Å². The molecular weight excluding hydrogens is 265 g/mol. The molecule has 20 heavy (non-hydrogen) atoms. The van der Waals surface area contributed by atoms with E-state index in [9.17, 15) is 14.0 Å². The first-order chi connectivity index (χ1) is 9.58. The highest BCUT2D eigenvalue weighted by atomic mass is 19.1. The molecule has 0 saturated carbocycles. The molecule has 1 aromatic heterocycles. The average Bonchev–Trinajstić information content (AvgIpc) is 2.41. The highest BCUT2D eigenvalue weighted by molar-refractivity contribution is 6.03. The molecule has 6 nitrogen and oxygen atoms in total. The van der Waals surface area contributed by atoms with Gasteiger partial charge in [0.25, 0.3) is 0 Å². The molecule has 2 aromatic rings. The number of rotatable bonds is 3. The van der Waals surface area contributed by atoms with E-state index in [-0.39, 0.29) is 17.1 Å². The second kappa shape index (κ2) is 5.79. The van der Waals surface area contributed by atoms with Gasteiger partial charge in [-0.15, -0.1) is 0 Å². The lowest BCUT2D eigenvalue weighted by atomic mass is 10.3. The zero-order chi connectivity index (χ0) is 14.5. The number of hydrogen-bond donors (Lipinski definition) is 3. The zero-order valence-electron chi connectivity index (χ0n) is 10.1. The van der Waals surface area contributed by atoms with Crippen molar-refractivity contribution in [2.45, 2.75) is 0 Å². The van der Waals surface area contributed by atoms with Crippen molar-refractivity contribution in [1.29, 1.82) is 0 Å². The summed E-state index contributed by atoms with van der Waals surface area (Å²) in [5.41, 5.74) is -0.282. The van der Waals surface area contributed by atoms with Crippen molar-refractivity contribution in [3.63, 3.8) is 0 Å². The fourth-order valence-electron chi connectivity index (χ4n) is 1.52. The average molecular weight is 275 g/mol. The normalized spacial score (nSPS) is 9.85. The molecule has 2 amide bonds. The SMILES string of the molecule is O=C(Nc1ccccc1F)Nc1cccnc1C(=O)O. The van der Waals surface area contributed by atoms with Crippen LogP contribution in [0.1, 0.15) is 10.5 Å². The minimum absolute atomic E-state index is 0.00855. The molecule has 7 heteroatoms. The third-order valence-electron chi connectivity index (χ3n) is 2.38. The maximum absolute atomic E-state index is 13.3. The van der Waals surface area contributed by atoms with Crippen LogP contribution in [-0.2, 0) is 0 Å². The maximum atomic E-state index is 13.3. The van der Waals surface area contributed by atoms with Crippen molar-refractivity contribution in [3.05, 3.63) is 54.1 Å². The molecule has 0 aliphatic carbocycles. The van der Waals surface area contributed by atoms with Gasteiger partial charge in [0.2, 0.25) is 0 Å². The number of urea groups is 1. The number of carbonyl (C=O) groups excluding carboxylic acids is 1. The minimum atomic E-state index is -1.27. The number of halogens is 1. The van der Waals surface area contributed by atoms with Gasteiger partial charge >= 0.3 is 12.0 Å². The molecule has 0 bridgehead atoms. The minimum Gasteiger partial charge on any atom is -0.476 e. The first-order valence-corrected chi connectivity index (χ1v) is 5.59. The second-order valence-electron chi connectivity index (χ2n) is 3.76. The highest BCUT2D eigenvalue weighted by Gasteiger charge is 2.14. The summed E-state index contributed by atoms with van der Waals surface area (Å²) < 4.78 is 13.3. The Balaban J connectivity index is 2.13. The van der Waals surface area contributed by atoms with Crippen LogP contribution in [0.2, 0.25) is 0 Å². The number of carboxylic acid groups (broad SMARTS) is 1. The van der Waals surface area contributed by atoms with E-state index in [2.05, 4.69) is 15.6 Å². The summed E-state index contributed by atoms with van der Waals surface area (Å²) in [5, 5.41) is 13.5. The van der Waals surface area contributed by atoms with Crippen molar-refractivity contribution < 1.29 is 19.1 Å². The molecule has 2 rings (SSSR count). The van der Waals surface area contributed by atoms with E-state index in [0.717, 1.165) is 0 Å². The number of pyridine rings is 1. The van der Waals surface area contributed by atoms with Crippen molar-refractivity contribution in [3.8, 4) is 0 Å². The van der Waals surface area contributed by atoms with Crippen LogP contribution >= 0.6 is 0 Å². The fourth-order valence-corrected chi connectivity index (χ4v) is 1.52. The number of aromatic carboxylic acids is 1. The second-order valence-corrected chi connectivity index (χ2v) is 3.76. The summed E-state index contributed by atoms with van der Waals surface area (Å²) in [4.78, 5) is 26.3. The summed E-state index contributed by atoms with van der Waals surface area (Å²) in [7, 11) is 0. The fraction of sp³-hybridized carbons (Fsp3) is 0. The molecule has 0 spiro atoms.